The van der Waals surface area contributed by atoms with Gasteiger partial charge >= 0.3 is 0 Å². The number of nitrogens with zero attached hydrogens (tertiary/aromatic N) is 3. The van der Waals surface area contributed by atoms with E-state index in [1.165, 1.54) is 12.3 Å². The molecule has 1 aliphatic rings. The van der Waals surface area contributed by atoms with Gasteiger partial charge in [0.2, 0.25) is 0 Å². The van der Waals surface area contributed by atoms with E-state index in [-0.39, 0.29) is 5.82 Å². The van der Waals surface area contributed by atoms with Gasteiger partial charge in [-0.3, -0.25) is 9.98 Å². The second kappa shape index (κ2) is 5.00. The topological polar surface area (TPSA) is 54.5 Å². The highest BCUT2D eigenvalue weighted by Crippen LogP contribution is 2.36. The molecule has 0 radical (unpaired) electrons. The van der Waals surface area contributed by atoms with E-state index in [9.17, 15) is 4.39 Å². The van der Waals surface area contributed by atoms with E-state index in [0.29, 0.717) is 17.5 Å². The van der Waals surface area contributed by atoms with Gasteiger partial charge < -0.3 is 10.6 Å². The highest BCUT2D eigenvalue weighted by atomic mass is 35.5. The molecule has 2 N–H and O–H groups in total. The SMILES string of the molecule is CC1(c2cncc(F)c2)CN=C(N)N1c1ccc(Cl)cc1. The lowest BCUT2D eigenvalue weighted by atomic mass is 9.92. The number of benzene rings is 1. The van der Waals surface area contributed by atoms with Crippen molar-refractivity contribution < 1.29 is 4.39 Å². The molecule has 2 heterocycles. The number of nitrogens with two attached hydrogens (primary N) is 1. The molecule has 0 saturated carbocycles. The van der Waals surface area contributed by atoms with Crippen LogP contribution in [0.15, 0.2) is 47.7 Å². The Morgan fingerprint density at radius 2 is 2.00 bits per heavy atom. The third-order valence-electron chi connectivity index (χ3n) is 3.68. The van der Waals surface area contributed by atoms with Crippen LogP contribution in [0, 0.1) is 5.82 Å². The average Bonchev–Trinajstić information content (AvgIpc) is 2.77. The Morgan fingerprint density at radius 1 is 1.29 bits per heavy atom. The summed E-state index contributed by atoms with van der Waals surface area (Å²) in [5.41, 5.74) is 7.03. The molecule has 0 spiro atoms. The molecule has 1 aromatic carbocycles. The smallest absolute Gasteiger partial charge is 0.196 e. The van der Waals surface area contributed by atoms with Crippen molar-refractivity contribution >= 4 is 23.2 Å². The van der Waals surface area contributed by atoms with Crippen molar-refractivity contribution in [3.05, 3.63) is 59.1 Å². The summed E-state index contributed by atoms with van der Waals surface area (Å²) in [6.07, 6.45) is 2.82. The number of rotatable bonds is 2. The lowest BCUT2D eigenvalue weighted by molar-refractivity contribution is 0.521. The minimum absolute atomic E-state index is 0.379. The lowest BCUT2D eigenvalue weighted by Gasteiger charge is -2.36. The highest BCUT2D eigenvalue weighted by Gasteiger charge is 2.41. The van der Waals surface area contributed by atoms with Crippen molar-refractivity contribution in [1.29, 1.82) is 0 Å². The maximum Gasteiger partial charge on any atom is 0.196 e. The maximum absolute atomic E-state index is 13.5. The minimum Gasteiger partial charge on any atom is -0.369 e. The number of anilines is 1. The molecule has 0 fully saturated rings. The fourth-order valence-corrected chi connectivity index (χ4v) is 2.69. The molecule has 0 aliphatic carbocycles. The predicted octanol–water partition coefficient (Wildman–Crippen LogP) is 2.92. The predicted molar refractivity (Wildman–Crippen MR) is 82.0 cm³/mol. The molecule has 21 heavy (non-hydrogen) atoms. The van der Waals surface area contributed by atoms with Gasteiger partial charge in [-0.15, -0.1) is 0 Å². The molecular weight excluding hydrogens is 291 g/mol. The van der Waals surface area contributed by atoms with E-state index >= 15 is 0 Å². The van der Waals surface area contributed by atoms with Crippen LogP contribution < -0.4 is 10.6 Å². The molecule has 108 valence electrons. The summed E-state index contributed by atoms with van der Waals surface area (Å²) in [6, 6.07) is 8.76. The molecule has 2 aromatic rings. The summed E-state index contributed by atoms with van der Waals surface area (Å²) in [4.78, 5) is 10.1. The van der Waals surface area contributed by atoms with E-state index in [2.05, 4.69) is 9.98 Å². The molecule has 6 heteroatoms. The fourth-order valence-electron chi connectivity index (χ4n) is 2.56. The van der Waals surface area contributed by atoms with Crippen molar-refractivity contribution in [3.63, 3.8) is 0 Å². The second-order valence-corrected chi connectivity index (χ2v) is 5.59. The Bertz CT molecular complexity index is 701. The Kier molecular flexibility index (Phi) is 3.29. The summed E-state index contributed by atoms with van der Waals surface area (Å²) in [5, 5.41) is 0.641. The van der Waals surface area contributed by atoms with Gasteiger partial charge in [0.15, 0.2) is 5.96 Å². The number of aromatic nitrogens is 1. The summed E-state index contributed by atoms with van der Waals surface area (Å²) in [5.74, 6) is 0.0133. The quantitative estimate of drug-likeness (QED) is 0.928. The number of aliphatic imine (C=N–C) groups is 1. The third kappa shape index (κ3) is 2.34. The number of guanidine groups is 1. The van der Waals surface area contributed by atoms with Crippen molar-refractivity contribution in [2.75, 3.05) is 11.4 Å². The molecule has 1 unspecified atom stereocenters. The van der Waals surface area contributed by atoms with Crippen LogP contribution in [-0.4, -0.2) is 17.5 Å². The van der Waals surface area contributed by atoms with E-state index in [1.54, 1.807) is 18.3 Å². The number of halogens is 2. The van der Waals surface area contributed by atoms with Gasteiger partial charge in [-0.1, -0.05) is 11.6 Å². The monoisotopic (exact) mass is 304 g/mol. The summed E-state index contributed by atoms with van der Waals surface area (Å²) < 4.78 is 13.5. The van der Waals surface area contributed by atoms with E-state index in [0.717, 1.165) is 11.3 Å². The molecule has 0 saturated heterocycles. The van der Waals surface area contributed by atoms with Crippen molar-refractivity contribution in [2.24, 2.45) is 10.7 Å². The zero-order chi connectivity index (χ0) is 15.0. The van der Waals surface area contributed by atoms with Crippen molar-refractivity contribution in [2.45, 2.75) is 12.5 Å². The molecule has 4 nitrogen and oxygen atoms in total. The first kappa shape index (κ1) is 13.8. The van der Waals surface area contributed by atoms with Crippen LogP contribution in [-0.2, 0) is 5.54 Å². The average molecular weight is 305 g/mol. The molecule has 0 amide bonds. The van der Waals surface area contributed by atoms with Gasteiger partial charge in [-0.05, 0) is 37.3 Å². The third-order valence-corrected chi connectivity index (χ3v) is 3.94. The van der Waals surface area contributed by atoms with Crippen LogP contribution in [0.4, 0.5) is 10.1 Å². The van der Waals surface area contributed by atoms with Crippen LogP contribution in [0.3, 0.4) is 0 Å². The Labute approximate surface area is 127 Å². The lowest BCUT2D eigenvalue weighted by Crippen LogP contribution is -2.47. The molecule has 1 atom stereocenters. The summed E-state index contributed by atoms with van der Waals surface area (Å²) in [6.45, 7) is 2.40. The van der Waals surface area contributed by atoms with Crippen LogP contribution in [0.5, 0.6) is 0 Å². The zero-order valence-corrected chi connectivity index (χ0v) is 12.2. The van der Waals surface area contributed by atoms with Crippen molar-refractivity contribution in [3.8, 4) is 0 Å². The van der Waals surface area contributed by atoms with E-state index in [1.807, 2.05) is 24.0 Å². The van der Waals surface area contributed by atoms with Gasteiger partial charge in [-0.2, -0.15) is 0 Å². The molecule has 0 bridgehead atoms. The zero-order valence-electron chi connectivity index (χ0n) is 11.4. The van der Waals surface area contributed by atoms with Crippen molar-refractivity contribution in [1.82, 2.24) is 4.98 Å². The maximum atomic E-state index is 13.5. The normalized spacial score (nSPS) is 21.5. The van der Waals surface area contributed by atoms with E-state index in [4.69, 9.17) is 17.3 Å². The number of hydrogen-bond acceptors (Lipinski definition) is 4. The van der Waals surface area contributed by atoms with Crippen LogP contribution in [0.25, 0.3) is 0 Å². The Hall–Kier alpha value is -2.14. The standard InChI is InChI=1S/C15H14ClFN4/c1-15(10-6-12(17)8-19-7-10)9-20-14(18)21(15)13-4-2-11(16)3-5-13/h2-8H,9H2,1H3,(H2,18,20). The largest absolute Gasteiger partial charge is 0.369 e. The first-order valence-corrected chi connectivity index (χ1v) is 6.85. The summed E-state index contributed by atoms with van der Waals surface area (Å²) >= 11 is 5.92. The van der Waals surface area contributed by atoms with Gasteiger partial charge in [0, 0.05) is 22.5 Å². The Morgan fingerprint density at radius 3 is 2.67 bits per heavy atom. The molecule has 1 aromatic heterocycles. The van der Waals surface area contributed by atoms with Gasteiger partial charge in [0.25, 0.3) is 0 Å². The van der Waals surface area contributed by atoms with Gasteiger partial charge in [0.1, 0.15) is 5.82 Å². The van der Waals surface area contributed by atoms with Crippen LogP contribution in [0.2, 0.25) is 5.02 Å². The second-order valence-electron chi connectivity index (χ2n) is 5.15. The van der Waals surface area contributed by atoms with Crippen LogP contribution >= 0.6 is 11.6 Å². The molecule has 3 rings (SSSR count). The first-order valence-electron chi connectivity index (χ1n) is 6.47. The van der Waals surface area contributed by atoms with Crippen LogP contribution in [0.1, 0.15) is 12.5 Å². The van der Waals surface area contributed by atoms with Gasteiger partial charge in [-0.25, -0.2) is 4.39 Å². The highest BCUT2D eigenvalue weighted by molar-refractivity contribution is 6.30. The first-order chi connectivity index (χ1) is 10.0. The molecule has 1 aliphatic heterocycles. The van der Waals surface area contributed by atoms with E-state index < -0.39 is 5.54 Å². The minimum atomic E-state index is -0.576. The molecular formula is C15H14ClFN4. The Balaban J connectivity index is 2.07. The van der Waals surface area contributed by atoms with Gasteiger partial charge in [0.05, 0.1) is 18.3 Å². The summed E-state index contributed by atoms with van der Waals surface area (Å²) in [7, 11) is 0. The number of pyridine rings is 1. The fraction of sp³-hybridized carbons (Fsp3) is 0.200. The number of hydrogen-bond donors (Lipinski definition) is 1.